The van der Waals surface area contributed by atoms with Crippen LogP contribution in [0.2, 0.25) is 0 Å². The minimum absolute atomic E-state index is 0.0216. The molecule has 2 N–H and O–H groups in total. The van der Waals surface area contributed by atoms with E-state index in [0.29, 0.717) is 11.3 Å². The van der Waals surface area contributed by atoms with E-state index >= 15 is 0 Å². The number of halogens is 3. The molecule has 35 heavy (non-hydrogen) atoms. The first-order chi connectivity index (χ1) is 16.6. The van der Waals surface area contributed by atoms with Gasteiger partial charge in [0.1, 0.15) is 0 Å². The van der Waals surface area contributed by atoms with Crippen molar-refractivity contribution in [3.8, 4) is 0 Å². The molecule has 0 bridgehead atoms. The highest BCUT2D eigenvalue weighted by Crippen LogP contribution is 2.36. The molecule has 6 nitrogen and oxygen atoms in total. The van der Waals surface area contributed by atoms with Crippen molar-refractivity contribution < 1.29 is 26.4 Å². The van der Waals surface area contributed by atoms with E-state index in [1.165, 1.54) is 18.2 Å². The number of benzene rings is 3. The predicted octanol–water partition coefficient (Wildman–Crippen LogP) is 5.55. The average molecular weight is 495 g/mol. The van der Waals surface area contributed by atoms with Gasteiger partial charge in [0, 0.05) is 34.1 Å². The molecule has 3 aromatic carbocycles. The first-order valence-corrected chi connectivity index (χ1v) is 11.8. The lowest BCUT2D eigenvalue weighted by Gasteiger charge is -2.11. The summed E-state index contributed by atoms with van der Waals surface area (Å²) in [6, 6.07) is 17.0. The van der Waals surface area contributed by atoms with Gasteiger partial charge in [-0.1, -0.05) is 18.2 Å². The normalized spacial score (nSPS) is 14.7. The first kappa shape index (κ1) is 22.6. The average Bonchev–Trinajstić information content (AvgIpc) is 3.13. The molecular formula is C25H16F3N3O3S. The summed E-state index contributed by atoms with van der Waals surface area (Å²) in [4.78, 5) is 16.8. The van der Waals surface area contributed by atoms with Gasteiger partial charge in [0.15, 0.2) is 0 Å². The van der Waals surface area contributed by atoms with Crippen LogP contribution in [-0.2, 0) is 21.0 Å². The summed E-state index contributed by atoms with van der Waals surface area (Å²) in [6.07, 6.45) is -1.23. The van der Waals surface area contributed by atoms with Crippen LogP contribution < -0.4 is 10.0 Å². The van der Waals surface area contributed by atoms with E-state index in [1.807, 2.05) is 24.3 Å². The van der Waals surface area contributed by atoms with E-state index in [0.717, 1.165) is 40.7 Å². The fourth-order valence-electron chi connectivity index (χ4n) is 3.82. The Balaban J connectivity index is 1.50. The monoisotopic (exact) mass is 495 g/mol. The van der Waals surface area contributed by atoms with Crippen molar-refractivity contribution in [2.75, 3.05) is 10.0 Å². The van der Waals surface area contributed by atoms with Gasteiger partial charge in [-0.05, 0) is 66.2 Å². The summed E-state index contributed by atoms with van der Waals surface area (Å²) in [5, 5.41) is 3.55. The van der Waals surface area contributed by atoms with E-state index < -0.39 is 21.8 Å². The standard InChI is InChI=1S/C25H16F3N3O3S/c26-25(27,28)16-5-7-17(8-6-16)31-35(33,34)18-9-10-23-20(14-18)21(24(32)30-23)13-15-11-12-29-22-4-2-1-3-19(15)22/h1-14,31H,(H,30,32). The van der Waals surface area contributed by atoms with Gasteiger partial charge < -0.3 is 5.32 Å². The zero-order valence-corrected chi connectivity index (χ0v) is 18.6. The van der Waals surface area contributed by atoms with Crippen LogP contribution in [0.25, 0.3) is 22.6 Å². The van der Waals surface area contributed by atoms with Crippen LogP contribution in [0.5, 0.6) is 0 Å². The van der Waals surface area contributed by atoms with Gasteiger partial charge in [-0.15, -0.1) is 0 Å². The number of alkyl halides is 3. The number of pyridine rings is 1. The summed E-state index contributed by atoms with van der Waals surface area (Å²) in [5.41, 5.74) is 1.71. The highest BCUT2D eigenvalue weighted by Gasteiger charge is 2.30. The van der Waals surface area contributed by atoms with Crippen molar-refractivity contribution in [2.24, 2.45) is 0 Å². The number of anilines is 2. The van der Waals surface area contributed by atoms with Crippen molar-refractivity contribution in [3.05, 3.63) is 95.7 Å². The summed E-state index contributed by atoms with van der Waals surface area (Å²) in [5.74, 6) is -0.383. The Bertz CT molecular complexity index is 1610. The Hall–Kier alpha value is -4.18. The maximum atomic E-state index is 12.9. The lowest BCUT2D eigenvalue weighted by molar-refractivity contribution is -0.137. The third kappa shape index (κ3) is 4.35. The lowest BCUT2D eigenvalue weighted by Crippen LogP contribution is -2.13. The Morgan fingerprint density at radius 1 is 0.943 bits per heavy atom. The van der Waals surface area contributed by atoms with E-state index in [2.05, 4.69) is 15.0 Å². The predicted molar refractivity (Wildman–Crippen MR) is 127 cm³/mol. The van der Waals surface area contributed by atoms with Gasteiger partial charge in [-0.3, -0.25) is 14.5 Å². The van der Waals surface area contributed by atoms with Crippen molar-refractivity contribution in [3.63, 3.8) is 0 Å². The molecule has 1 aliphatic heterocycles. The fraction of sp³-hybridized carbons (Fsp3) is 0.0400. The zero-order chi connectivity index (χ0) is 24.8. The van der Waals surface area contributed by atoms with Crippen molar-refractivity contribution in [1.29, 1.82) is 0 Å². The number of nitrogens with zero attached hydrogens (tertiary/aromatic N) is 1. The summed E-state index contributed by atoms with van der Waals surface area (Å²) in [7, 11) is -4.14. The Morgan fingerprint density at radius 2 is 1.69 bits per heavy atom. The number of para-hydroxylation sites is 1. The van der Waals surface area contributed by atoms with Crippen LogP contribution in [0.3, 0.4) is 0 Å². The maximum Gasteiger partial charge on any atom is 0.416 e. The molecule has 0 atom stereocenters. The molecule has 0 fully saturated rings. The lowest BCUT2D eigenvalue weighted by atomic mass is 10.0. The molecule has 0 saturated heterocycles. The third-order valence-corrected chi connectivity index (χ3v) is 6.91. The molecule has 5 rings (SSSR count). The van der Waals surface area contributed by atoms with Gasteiger partial charge >= 0.3 is 6.18 Å². The maximum absolute atomic E-state index is 12.9. The number of nitrogens with one attached hydrogen (secondary N) is 2. The van der Waals surface area contributed by atoms with Gasteiger partial charge in [-0.2, -0.15) is 13.2 Å². The highest BCUT2D eigenvalue weighted by molar-refractivity contribution is 7.92. The van der Waals surface area contributed by atoms with Gasteiger partial charge in [-0.25, -0.2) is 8.42 Å². The number of sulfonamides is 1. The van der Waals surface area contributed by atoms with E-state index in [1.54, 1.807) is 18.3 Å². The Labute approximate surface area is 198 Å². The topological polar surface area (TPSA) is 88.2 Å². The van der Waals surface area contributed by atoms with Crippen molar-refractivity contribution in [2.45, 2.75) is 11.1 Å². The van der Waals surface area contributed by atoms with Crippen LogP contribution in [0, 0.1) is 0 Å². The van der Waals surface area contributed by atoms with Gasteiger partial charge in [0.2, 0.25) is 0 Å². The van der Waals surface area contributed by atoms with E-state index in [9.17, 15) is 26.4 Å². The largest absolute Gasteiger partial charge is 0.416 e. The minimum Gasteiger partial charge on any atom is -0.321 e. The molecule has 0 unspecified atom stereocenters. The zero-order valence-electron chi connectivity index (χ0n) is 17.8. The number of fused-ring (bicyclic) bond motifs is 2. The summed E-state index contributed by atoms with van der Waals surface area (Å²) in [6.45, 7) is 0. The fourth-order valence-corrected chi connectivity index (χ4v) is 4.90. The minimum atomic E-state index is -4.53. The smallest absolute Gasteiger partial charge is 0.321 e. The second-order valence-electron chi connectivity index (χ2n) is 7.82. The number of hydrogen-bond acceptors (Lipinski definition) is 4. The molecular weight excluding hydrogens is 479 g/mol. The molecule has 0 saturated carbocycles. The first-order valence-electron chi connectivity index (χ1n) is 10.3. The van der Waals surface area contributed by atoms with Gasteiger partial charge in [0.25, 0.3) is 15.9 Å². The second kappa shape index (κ2) is 8.24. The Morgan fingerprint density at radius 3 is 2.43 bits per heavy atom. The van der Waals surface area contributed by atoms with Crippen LogP contribution in [-0.4, -0.2) is 19.3 Å². The quantitative estimate of drug-likeness (QED) is 0.364. The molecule has 0 spiro atoms. The number of rotatable bonds is 4. The van der Waals surface area contributed by atoms with Crippen molar-refractivity contribution in [1.82, 2.24) is 4.98 Å². The van der Waals surface area contributed by atoms with Gasteiger partial charge in [0.05, 0.1) is 16.0 Å². The molecule has 10 heteroatoms. The molecule has 0 radical (unpaired) electrons. The molecule has 1 aliphatic rings. The van der Waals surface area contributed by atoms with E-state index in [4.69, 9.17) is 0 Å². The number of carbonyl (C=O) groups is 1. The number of aromatic nitrogens is 1. The molecule has 4 aromatic rings. The Kier molecular flexibility index (Phi) is 5.32. The third-order valence-electron chi connectivity index (χ3n) is 5.53. The van der Waals surface area contributed by atoms with Crippen molar-refractivity contribution >= 4 is 49.9 Å². The molecule has 1 aromatic heterocycles. The number of amides is 1. The molecule has 176 valence electrons. The van der Waals surface area contributed by atoms with Crippen LogP contribution in [0.1, 0.15) is 16.7 Å². The summed E-state index contributed by atoms with van der Waals surface area (Å²) >= 11 is 0. The van der Waals surface area contributed by atoms with Crippen LogP contribution in [0.4, 0.5) is 24.5 Å². The van der Waals surface area contributed by atoms with E-state index in [-0.39, 0.29) is 22.1 Å². The molecule has 1 amide bonds. The molecule has 2 heterocycles. The molecule has 0 aliphatic carbocycles. The number of carbonyl (C=O) groups excluding carboxylic acids is 1. The highest BCUT2D eigenvalue weighted by atomic mass is 32.2. The van der Waals surface area contributed by atoms with Crippen LogP contribution >= 0.6 is 0 Å². The number of hydrogen-bond donors (Lipinski definition) is 2. The SMILES string of the molecule is O=C1Nc2ccc(S(=O)(=O)Nc3ccc(C(F)(F)F)cc3)cc2C1=Cc1ccnc2ccccc12. The van der Waals surface area contributed by atoms with Crippen LogP contribution in [0.15, 0.2) is 83.9 Å². The summed E-state index contributed by atoms with van der Waals surface area (Å²) < 4.78 is 66.5. The second-order valence-corrected chi connectivity index (χ2v) is 9.50.